The third kappa shape index (κ3) is 5.51. The molecule has 2 amide bonds. The highest BCUT2D eigenvalue weighted by Gasteiger charge is 2.47. The summed E-state index contributed by atoms with van der Waals surface area (Å²) < 4.78 is 0. The van der Waals surface area contributed by atoms with Crippen LogP contribution in [0.3, 0.4) is 0 Å². The molecule has 40 heavy (non-hydrogen) atoms. The molecule has 1 saturated heterocycles. The molecule has 0 radical (unpaired) electrons. The monoisotopic (exact) mass is 570 g/mol. The largest absolute Gasteiger partial charge is 0.481 e. The zero-order valence-corrected chi connectivity index (χ0v) is 23.3. The molecule has 11 heteroatoms. The van der Waals surface area contributed by atoms with Crippen LogP contribution in [0.25, 0.3) is 11.4 Å². The molecule has 3 N–H and O–H groups in total. The maximum Gasteiger partial charge on any atom is 0.307 e. The zero-order chi connectivity index (χ0) is 28.6. The number of benzene rings is 1. The lowest BCUT2D eigenvalue weighted by Crippen LogP contribution is -2.52. The van der Waals surface area contributed by atoms with Gasteiger partial charge in [-0.25, -0.2) is 4.98 Å². The van der Waals surface area contributed by atoms with E-state index in [9.17, 15) is 29.4 Å². The van der Waals surface area contributed by atoms with E-state index in [1.807, 2.05) is 0 Å². The number of β-amino-alcohol motifs (C(OH)–C–C–N with tert-alkyl or cyclic N) is 1. The maximum atomic E-state index is 13.9. The van der Waals surface area contributed by atoms with Crippen molar-refractivity contribution in [2.24, 2.45) is 11.8 Å². The van der Waals surface area contributed by atoms with Crippen LogP contribution >= 0.6 is 11.6 Å². The Morgan fingerprint density at radius 3 is 2.52 bits per heavy atom. The van der Waals surface area contributed by atoms with E-state index in [0.717, 1.165) is 24.8 Å². The number of unbranched alkanes of at least 4 members (excludes halogenated alkanes) is 1. The number of aromatic amines is 1. The van der Waals surface area contributed by atoms with E-state index in [-0.39, 0.29) is 42.8 Å². The minimum Gasteiger partial charge on any atom is -0.481 e. The maximum absolute atomic E-state index is 13.9. The molecule has 5 atom stereocenters. The van der Waals surface area contributed by atoms with Crippen LogP contribution in [0, 0.1) is 11.8 Å². The molecule has 3 aliphatic rings. The number of hydrogen-bond acceptors (Lipinski definition) is 6. The van der Waals surface area contributed by atoms with Gasteiger partial charge in [-0.1, -0.05) is 37.8 Å². The fraction of sp³-hybridized carbons (Fsp3) is 0.552. The number of aliphatic hydroxyl groups is 1. The lowest BCUT2D eigenvalue weighted by Gasteiger charge is -2.37. The van der Waals surface area contributed by atoms with Crippen molar-refractivity contribution in [1.29, 1.82) is 0 Å². The van der Waals surface area contributed by atoms with Gasteiger partial charge in [0.15, 0.2) is 0 Å². The highest BCUT2D eigenvalue weighted by molar-refractivity contribution is 6.30. The predicted octanol–water partition coefficient (Wildman–Crippen LogP) is 3.17. The number of fused-ring (bicyclic) bond motifs is 1. The Bertz CT molecular complexity index is 1350. The number of carboxylic acid groups (broad SMARTS) is 1. The molecule has 1 saturated carbocycles. The normalized spacial score (nSPS) is 26.1. The summed E-state index contributed by atoms with van der Waals surface area (Å²) in [4.78, 5) is 63.1. The van der Waals surface area contributed by atoms with Crippen LogP contribution in [0.5, 0.6) is 0 Å². The van der Waals surface area contributed by atoms with E-state index in [2.05, 4.69) is 11.9 Å². The first-order valence-electron chi connectivity index (χ1n) is 14.1. The molecule has 5 rings (SSSR count). The van der Waals surface area contributed by atoms with Crippen LogP contribution in [0.1, 0.15) is 69.0 Å². The van der Waals surface area contributed by atoms with E-state index >= 15 is 0 Å². The van der Waals surface area contributed by atoms with E-state index < -0.39 is 30.0 Å². The molecule has 2 aliphatic heterocycles. The average molecular weight is 571 g/mol. The first kappa shape index (κ1) is 28.3. The number of nitrogens with one attached hydrogen (secondary N) is 1. The molecule has 0 spiro atoms. The summed E-state index contributed by atoms with van der Waals surface area (Å²) in [5.41, 5.74) is 1.53. The smallest absolute Gasteiger partial charge is 0.307 e. The quantitative estimate of drug-likeness (QED) is 0.464. The Hall–Kier alpha value is -3.24. The number of amides is 2. The second kappa shape index (κ2) is 11.7. The van der Waals surface area contributed by atoms with Crippen LogP contribution in [0.2, 0.25) is 5.02 Å². The minimum absolute atomic E-state index is 0.00559. The number of hydrogen-bond donors (Lipinski definition) is 3. The highest BCUT2D eigenvalue weighted by Crippen LogP contribution is 2.37. The molecule has 2 aromatic rings. The van der Waals surface area contributed by atoms with Gasteiger partial charge in [-0.05, 0) is 43.5 Å². The highest BCUT2D eigenvalue weighted by atomic mass is 35.5. The number of H-pyrrole nitrogens is 1. The number of rotatable bonds is 7. The van der Waals surface area contributed by atoms with Gasteiger partial charge in [0.2, 0.25) is 11.8 Å². The molecular weight excluding hydrogens is 536 g/mol. The molecule has 2 fully saturated rings. The number of carbonyl (C=O) groups excluding carboxylic acids is 2. The number of halogens is 1. The Morgan fingerprint density at radius 2 is 1.82 bits per heavy atom. The number of carboxylic acids is 1. The van der Waals surface area contributed by atoms with Crippen molar-refractivity contribution < 1.29 is 24.6 Å². The molecule has 10 nitrogen and oxygen atoms in total. The molecule has 2 unspecified atom stereocenters. The topological polar surface area (TPSA) is 144 Å². The number of likely N-dealkylation sites (tertiary alicyclic amines) is 1. The fourth-order valence-corrected chi connectivity index (χ4v) is 6.60. The predicted molar refractivity (Wildman–Crippen MR) is 148 cm³/mol. The van der Waals surface area contributed by atoms with Crippen molar-refractivity contribution >= 4 is 29.4 Å². The zero-order valence-electron chi connectivity index (χ0n) is 22.5. The summed E-state index contributed by atoms with van der Waals surface area (Å²) in [6.45, 7) is 2.47. The van der Waals surface area contributed by atoms with E-state index in [0.29, 0.717) is 47.9 Å². The Kier molecular flexibility index (Phi) is 8.28. The first-order chi connectivity index (χ1) is 19.2. The van der Waals surface area contributed by atoms with Gasteiger partial charge < -0.3 is 25.0 Å². The number of carbonyl (C=O) groups is 3. The van der Waals surface area contributed by atoms with Crippen LogP contribution in [-0.2, 0) is 20.9 Å². The Balaban J connectivity index is 1.42. The summed E-state index contributed by atoms with van der Waals surface area (Å²) >= 11 is 6.03. The van der Waals surface area contributed by atoms with Gasteiger partial charge in [0, 0.05) is 36.0 Å². The molecule has 214 valence electrons. The van der Waals surface area contributed by atoms with Gasteiger partial charge in [-0.2, -0.15) is 0 Å². The van der Waals surface area contributed by atoms with Crippen molar-refractivity contribution in [2.75, 3.05) is 13.1 Å². The van der Waals surface area contributed by atoms with Gasteiger partial charge in [0.1, 0.15) is 11.9 Å². The molecule has 3 heterocycles. The van der Waals surface area contributed by atoms with Gasteiger partial charge >= 0.3 is 5.97 Å². The third-order valence-electron chi connectivity index (χ3n) is 8.56. The van der Waals surface area contributed by atoms with Crippen molar-refractivity contribution in [3.8, 4) is 11.4 Å². The SMILES string of the molecule is CCCCC1CN(C(=O)[C@@H]2CC(O)CN2C(=O)[C@H]2CCC[C@@H]2C(=O)O)Cc2c1nc(-c1ccc(Cl)cc1)[nH]c2=O. The molecule has 0 bridgehead atoms. The molecule has 1 aromatic heterocycles. The Labute approximate surface area is 237 Å². The standard InChI is InChI=1S/C29H35ClN4O6/c1-2-3-5-17-13-33(15-22-24(17)31-25(32-26(22)36)16-8-10-18(30)11-9-16)28(38)23-12-19(35)14-34(23)27(37)20-6-4-7-21(20)29(39)40/h8-11,17,19-21,23,35H,2-7,12-15H2,1H3,(H,39,40)(H,31,32,36)/t17?,19?,20-,21-,23-/m0/s1. The number of nitrogens with zero attached hydrogens (tertiary/aromatic N) is 3. The van der Waals surface area contributed by atoms with Gasteiger partial charge in [0.25, 0.3) is 5.56 Å². The molecular formula is C29H35ClN4O6. The van der Waals surface area contributed by atoms with Crippen molar-refractivity contribution in [3.05, 3.63) is 50.9 Å². The molecule has 1 aromatic carbocycles. The molecule has 1 aliphatic carbocycles. The van der Waals surface area contributed by atoms with Crippen LogP contribution in [-0.4, -0.2) is 73.0 Å². The lowest BCUT2D eigenvalue weighted by atomic mass is 9.90. The third-order valence-corrected chi connectivity index (χ3v) is 8.81. The average Bonchev–Trinajstić information content (AvgIpc) is 3.59. The minimum atomic E-state index is -1.01. The van der Waals surface area contributed by atoms with Crippen LogP contribution in [0.15, 0.2) is 29.1 Å². The van der Waals surface area contributed by atoms with Crippen molar-refractivity contribution in [2.45, 2.75) is 76.5 Å². The number of aliphatic hydroxyl groups excluding tert-OH is 1. The van der Waals surface area contributed by atoms with E-state index in [1.165, 1.54) is 4.90 Å². The first-order valence-corrected chi connectivity index (χ1v) is 14.4. The van der Waals surface area contributed by atoms with Crippen molar-refractivity contribution in [1.82, 2.24) is 19.8 Å². The number of aromatic nitrogens is 2. The summed E-state index contributed by atoms with van der Waals surface area (Å²) in [5, 5.41) is 20.6. The van der Waals surface area contributed by atoms with E-state index in [1.54, 1.807) is 29.2 Å². The summed E-state index contributed by atoms with van der Waals surface area (Å²) in [6.07, 6.45) is 3.30. The van der Waals surface area contributed by atoms with Crippen molar-refractivity contribution in [3.63, 3.8) is 0 Å². The lowest BCUT2D eigenvalue weighted by molar-refractivity contribution is -0.152. The summed E-state index contributed by atoms with van der Waals surface area (Å²) in [6, 6.07) is 6.16. The van der Waals surface area contributed by atoms with Gasteiger partial charge in [-0.3, -0.25) is 19.2 Å². The number of aliphatic carboxylic acids is 1. The van der Waals surface area contributed by atoms with Crippen LogP contribution in [0.4, 0.5) is 0 Å². The second-order valence-corrected chi connectivity index (χ2v) is 11.7. The fourth-order valence-electron chi connectivity index (χ4n) is 6.47. The second-order valence-electron chi connectivity index (χ2n) is 11.2. The Morgan fingerprint density at radius 1 is 1.10 bits per heavy atom. The summed E-state index contributed by atoms with van der Waals surface area (Å²) in [5.74, 6) is -2.91. The van der Waals surface area contributed by atoms with Gasteiger partial charge in [-0.15, -0.1) is 0 Å². The van der Waals surface area contributed by atoms with Gasteiger partial charge in [0.05, 0.1) is 35.7 Å². The van der Waals surface area contributed by atoms with E-state index in [4.69, 9.17) is 16.6 Å². The van der Waals surface area contributed by atoms with Crippen LogP contribution < -0.4 is 5.56 Å². The summed E-state index contributed by atoms with van der Waals surface area (Å²) in [7, 11) is 0.